The molecule has 32 heavy (non-hydrogen) atoms. The Labute approximate surface area is 193 Å². The van der Waals surface area contributed by atoms with Crippen molar-refractivity contribution in [2.24, 2.45) is 0 Å². The van der Waals surface area contributed by atoms with Gasteiger partial charge in [-0.3, -0.25) is 9.69 Å². The first-order valence-corrected chi connectivity index (χ1v) is 12.3. The van der Waals surface area contributed by atoms with Crippen molar-refractivity contribution >= 4 is 27.5 Å². The molecular weight excluding hydrogens is 454 g/mol. The number of hydrogen-bond donors (Lipinski definition) is 2. The number of hydrogen-bond acceptors (Lipinski definition) is 6. The second-order valence-corrected chi connectivity index (χ2v) is 9.56. The predicted octanol–water partition coefficient (Wildman–Crippen LogP) is 2.21. The van der Waals surface area contributed by atoms with Gasteiger partial charge < -0.3 is 14.8 Å². The van der Waals surface area contributed by atoms with Crippen LogP contribution in [0.3, 0.4) is 0 Å². The molecule has 2 N–H and O–H groups in total. The highest BCUT2D eigenvalue weighted by molar-refractivity contribution is 7.89. The third kappa shape index (κ3) is 7.18. The summed E-state index contributed by atoms with van der Waals surface area (Å²) in [6, 6.07) is 13.0. The number of carbonyl (C=O) groups is 1. The number of nitrogens with one attached hydrogen (secondary N) is 2. The molecule has 1 amide bonds. The van der Waals surface area contributed by atoms with Crippen LogP contribution in [0.5, 0.6) is 5.75 Å². The lowest BCUT2D eigenvalue weighted by atomic mass is 10.1. The summed E-state index contributed by atoms with van der Waals surface area (Å²) in [5.41, 5.74) is 0.849. The highest BCUT2D eigenvalue weighted by Gasteiger charge is 2.20. The SMILES string of the molecule is C[C@@H](NS(=O)(=O)c1ccc(OCC(=O)NCCN2CCOCC2)c(Cl)c1)c1ccccc1. The molecule has 2 aromatic rings. The van der Waals surface area contributed by atoms with Crippen LogP contribution >= 0.6 is 11.6 Å². The Hall–Kier alpha value is -2.17. The first kappa shape index (κ1) is 24.5. The van der Waals surface area contributed by atoms with Gasteiger partial charge in [0.15, 0.2) is 6.61 Å². The molecule has 1 aliphatic rings. The quantitative estimate of drug-likeness (QED) is 0.540. The largest absolute Gasteiger partial charge is 0.482 e. The van der Waals surface area contributed by atoms with Gasteiger partial charge in [-0.15, -0.1) is 0 Å². The summed E-state index contributed by atoms with van der Waals surface area (Å²) in [6.07, 6.45) is 0. The fourth-order valence-electron chi connectivity index (χ4n) is 3.25. The molecule has 0 saturated carbocycles. The summed E-state index contributed by atoms with van der Waals surface area (Å²) in [6.45, 7) is 5.95. The first-order chi connectivity index (χ1) is 15.3. The molecule has 0 spiro atoms. The lowest BCUT2D eigenvalue weighted by Gasteiger charge is -2.26. The molecule has 8 nitrogen and oxygen atoms in total. The minimum absolute atomic E-state index is 0.0209. The van der Waals surface area contributed by atoms with Gasteiger partial charge >= 0.3 is 0 Å². The Morgan fingerprint density at radius 3 is 2.59 bits per heavy atom. The van der Waals surface area contributed by atoms with Gasteiger partial charge in [-0.2, -0.15) is 0 Å². The number of ether oxygens (including phenoxy) is 2. The molecule has 10 heteroatoms. The molecule has 2 aromatic carbocycles. The van der Waals surface area contributed by atoms with E-state index in [1.54, 1.807) is 6.92 Å². The normalized spacial score (nSPS) is 15.8. The second kappa shape index (κ2) is 11.6. The zero-order chi connectivity index (χ0) is 23.0. The molecule has 174 valence electrons. The number of carbonyl (C=O) groups excluding carboxylic acids is 1. The summed E-state index contributed by atoms with van der Waals surface area (Å²) in [5, 5.41) is 2.91. The number of rotatable bonds is 10. The van der Waals surface area contributed by atoms with Crippen molar-refractivity contribution in [3.63, 3.8) is 0 Å². The highest BCUT2D eigenvalue weighted by atomic mass is 35.5. The first-order valence-electron chi connectivity index (χ1n) is 10.4. The Morgan fingerprint density at radius 2 is 1.91 bits per heavy atom. The standard InChI is InChI=1S/C22H28ClN3O5S/c1-17(18-5-3-2-4-6-18)25-32(28,29)19-7-8-21(20(23)15-19)31-16-22(27)24-9-10-26-11-13-30-14-12-26/h2-8,15,17,25H,9-14,16H2,1H3,(H,24,27)/t17-/m1/s1. The van der Waals surface area contributed by atoms with Gasteiger partial charge in [-0.25, -0.2) is 13.1 Å². The summed E-state index contributed by atoms with van der Waals surface area (Å²) in [5.74, 6) is -0.0329. The van der Waals surface area contributed by atoms with Crippen LogP contribution in [0.2, 0.25) is 5.02 Å². The van der Waals surface area contributed by atoms with E-state index in [0.29, 0.717) is 19.8 Å². The maximum absolute atomic E-state index is 12.7. The molecule has 0 aromatic heterocycles. The van der Waals surface area contributed by atoms with Gasteiger partial charge in [0.05, 0.1) is 23.1 Å². The molecule has 1 atom stereocenters. The third-order valence-corrected chi connectivity index (χ3v) is 6.89. The summed E-state index contributed by atoms with van der Waals surface area (Å²) >= 11 is 6.21. The number of benzene rings is 2. The van der Waals surface area contributed by atoms with E-state index in [4.69, 9.17) is 21.1 Å². The molecule has 1 aliphatic heterocycles. The predicted molar refractivity (Wildman–Crippen MR) is 122 cm³/mol. The van der Waals surface area contributed by atoms with E-state index < -0.39 is 16.1 Å². The monoisotopic (exact) mass is 481 g/mol. The topological polar surface area (TPSA) is 97.0 Å². The number of nitrogens with zero attached hydrogens (tertiary/aromatic N) is 1. The molecule has 0 radical (unpaired) electrons. The number of amides is 1. The van der Waals surface area contributed by atoms with Crippen LogP contribution in [-0.4, -0.2) is 65.2 Å². The third-order valence-electron chi connectivity index (χ3n) is 5.06. The van der Waals surface area contributed by atoms with E-state index in [-0.39, 0.29) is 28.2 Å². The summed E-state index contributed by atoms with van der Waals surface area (Å²) in [4.78, 5) is 14.3. The Kier molecular flexibility index (Phi) is 8.89. The van der Waals surface area contributed by atoms with E-state index in [1.807, 2.05) is 30.3 Å². The zero-order valence-electron chi connectivity index (χ0n) is 17.9. The van der Waals surface area contributed by atoms with Crippen molar-refractivity contribution in [1.29, 1.82) is 0 Å². The van der Waals surface area contributed by atoms with E-state index in [0.717, 1.165) is 25.2 Å². The van der Waals surface area contributed by atoms with Crippen LogP contribution in [0.15, 0.2) is 53.4 Å². The van der Waals surface area contributed by atoms with E-state index in [2.05, 4.69) is 14.9 Å². The molecule has 0 bridgehead atoms. The maximum Gasteiger partial charge on any atom is 0.257 e. The molecule has 1 saturated heterocycles. The van der Waals surface area contributed by atoms with Crippen molar-refractivity contribution in [3.05, 3.63) is 59.1 Å². The lowest BCUT2D eigenvalue weighted by Crippen LogP contribution is -2.42. The van der Waals surface area contributed by atoms with Crippen molar-refractivity contribution in [2.75, 3.05) is 46.0 Å². The molecule has 3 rings (SSSR count). The van der Waals surface area contributed by atoms with Crippen molar-refractivity contribution < 1.29 is 22.7 Å². The number of halogens is 1. The summed E-state index contributed by atoms with van der Waals surface area (Å²) in [7, 11) is -3.78. The van der Waals surface area contributed by atoms with Gasteiger partial charge in [0.2, 0.25) is 10.0 Å². The average molecular weight is 482 g/mol. The molecular formula is C22H28ClN3O5S. The van der Waals surface area contributed by atoms with Crippen molar-refractivity contribution in [3.8, 4) is 5.75 Å². The average Bonchev–Trinajstić information content (AvgIpc) is 2.79. The van der Waals surface area contributed by atoms with Crippen LogP contribution in [0.1, 0.15) is 18.5 Å². The second-order valence-electron chi connectivity index (χ2n) is 7.44. The van der Waals surface area contributed by atoms with E-state index >= 15 is 0 Å². The minimum atomic E-state index is -3.78. The molecule has 0 aliphatic carbocycles. The van der Waals surface area contributed by atoms with Gasteiger partial charge in [0.1, 0.15) is 5.75 Å². The van der Waals surface area contributed by atoms with Crippen LogP contribution < -0.4 is 14.8 Å². The highest BCUT2D eigenvalue weighted by Crippen LogP contribution is 2.28. The lowest BCUT2D eigenvalue weighted by molar-refractivity contribution is -0.123. The maximum atomic E-state index is 12.7. The zero-order valence-corrected chi connectivity index (χ0v) is 19.5. The van der Waals surface area contributed by atoms with E-state index in [1.165, 1.54) is 18.2 Å². The molecule has 1 heterocycles. The Morgan fingerprint density at radius 1 is 1.19 bits per heavy atom. The fourth-order valence-corrected chi connectivity index (χ4v) is 4.81. The van der Waals surface area contributed by atoms with Gasteiger partial charge in [-0.05, 0) is 30.7 Å². The van der Waals surface area contributed by atoms with Crippen molar-refractivity contribution in [1.82, 2.24) is 14.9 Å². The Balaban J connectivity index is 1.50. The smallest absolute Gasteiger partial charge is 0.257 e. The Bertz CT molecular complexity index is 998. The van der Waals surface area contributed by atoms with Crippen LogP contribution in [-0.2, 0) is 19.6 Å². The van der Waals surface area contributed by atoms with Crippen LogP contribution in [0.4, 0.5) is 0 Å². The van der Waals surface area contributed by atoms with Crippen molar-refractivity contribution in [2.45, 2.75) is 17.9 Å². The van der Waals surface area contributed by atoms with Crippen LogP contribution in [0.25, 0.3) is 0 Å². The minimum Gasteiger partial charge on any atom is -0.482 e. The fraction of sp³-hybridized carbons (Fsp3) is 0.409. The number of morpholine rings is 1. The number of sulfonamides is 1. The van der Waals surface area contributed by atoms with Gasteiger partial charge in [0.25, 0.3) is 5.91 Å². The van der Waals surface area contributed by atoms with Gasteiger partial charge in [-0.1, -0.05) is 41.9 Å². The summed E-state index contributed by atoms with van der Waals surface area (Å²) < 4.78 is 38.8. The molecule has 0 unspecified atom stereocenters. The van der Waals surface area contributed by atoms with Crippen LogP contribution in [0, 0.1) is 0 Å². The van der Waals surface area contributed by atoms with Gasteiger partial charge in [0, 0.05) is 32.2 Å². The van der Waals surface area contributed by atoms with E-state index in [9.17, 15) is 13.2 Å². The molecule has 1 fully saturated rings.